The highest BCUT2D eigenvalue weighted by Crippen LogP contribution is 2.43. The van der Waals surface area contributed by atoms with Crippen molar-refractivity contribution >= 4 is 17.8 Å². The fraction of sp³-hybridized carbons (Fsp3) is 0.889. The summed E-state index contributed by atoms with van der Waals surface area (Å²) in [5, 5.41) is 0. The molecule has 4 atom stereocenters. The van der Waals surface area contributed by atoms with Crippen LogP contribution >= 0.6 is 0 Å². The first kappa shape index (κ1) is 27.0. The zero-order valence-corrected chi connectivity index (χ0v) is 21.6. The molecule has 2 saturated carbocycles. The van der Waals surface area contributed by atoms with Gasteiger partial charge in [0.15, 0.2) is 5.90 Å². The van der Waals surface area contributed by atoms with E-state index in [0.717, 1.165) is 24.2 Å². The van der Waals surface area contributed by atoms with Crippen LogP contribution in [0.25, 0.3) is 0 Å². The largest absolute Gasteiger partial charge is 0.481 e. The molecule has 4 unspecified atom stereocenters. The van der Waals surface area contributed by atoms with Crippen molar-refractivity contribution in [2.45, 2.75) is 103 Å². The number of rotatable bonds is 10. The predicted octanol–water partition coefficient (Wildman–Crippen LogP) is 4.77. The summed E-state index contributed by atoms with van der Waals surface area (Å²) in [5.41, 5.74) is 0. The van der Waals surface area contributed by atoms with Crippen molar-refractivity contribution in [2.75, 3.05) is 33.9 Å². The summed E-state index contributed by atoms with van der Waals surface area (Å²) < 4.78 is 16.0. The number of amides is 1. The number of carbonyl (C=O) groups excluding carboxylic acids is 2. The highest BCUT2D eigenvalue weighted by atomic mass is 16.5. The molecule has 194 valence electrons. The summed E-state index contributed by atoms with van der Waals surface area (Å²) in [6.07, 6.45) is 16.8. The lowest BCUT2D eigenvalue weighted by molar-refractivity contribution is -0.150. The van der Waals surface area contributed by atoms with Gasteiger partial charge in [-0.15, -0.1) is 0 Å². The van der Waals surface area contributed by atoms with Gasteiger partial charge in [0.05, 0.1) is 19.8 Å². The van der Waals surface area contributed by atoms with Crippen molar-refractivity contribution in [1.82, 2.24) is 4.90 Å². The quantitative estimate of drug-likeness (QED) is 0.196. The van der Waals surface area contributed by atoms with Gasteiger partial charge >= 0.3 is 5.97 Å². The van der Waals surface area contributed by atoms with E-state index < -0.39 is 12.0 Å². The van der Waals surface area contributed by atoms with Crippen molar-refractivity contribution < 1.29 is 23.8 Å². The number of ether oxygens (including phenoxy) is 3. The average molecular weight is 479 g/mol. The Balaban J connectivity index is 1.35. The van der Waals surface area contributed by atoms with Gasteiger partial charge in [0.2, 0.25) is 5.91 Å². The van der Waals surface area contributed by atoms with E-state index in [2.05, 4.69) is 4.99 Å². The molecule has 1 saturated heterocycles. The van der Waals surface area contributed by atoms with Gasteiger partial charge in [0.1, 0.15) is 12.6 Å². The number of likely N-dealkylation sites (tertiary alicyclic amines) is 1. The van der Waals surface area contributed by atoms with Crippen molar-refractivity contribution in [3.63, 3.8) is 0 Å². The first-order valence-electron chi connectivity index (χ1n) is 13.6. The SMILES string of the molecule is COC(=O)C1CC(OC)CN1C(=O)CN=C(C)OCCCCC1CCCCC1C1CCCCC1. The number of hydrogen-bond acceptors (Lipinski definition) is 6. The monoisotopic (exact) mass is 478 g/mol. The lowest BCUT2D eigenvalue weighted by Crippen LogP contribution is -2.42. The third-order valence-electron chi connectivity index (χ3n) is 8.33. The second kappa shape index (κ2) is 14.1. The first-order valence-corrected chi connectivity index (χ1v) is 13.6. The van der Waals surface area contributed by atoms with Crippen LogP contribution in [-0.2, 0) is 23.8 Å². The van der Waals surface area contributed by atoms with Crippen LogP contribution in [0, 0.1) is 17.8 Å². The Morgan fingerprint density at radius 2 is 1.71 bits per heavy atom. The maximum atomic E-state index is 12.7. The molecule has 0 aromatic heterocycles. The fourth-order valence-corrected chi connectivity index (χ4v) is 6.42. The van der Waals surface area contributed by atoms with Gasteiger partial charge < -0.3 is 19.1 Å². The molecule has 7 heteroatoms. The standard InChI is InChI=1S/C27H46N2O5/c1-20(28-18-26(30)29-19-23(32-2)17-25(29)27(31)33-3)34-16-10-9-14-22-13-7-8-15-24(22)21-11-5-4-6-12-21/h21-25H,4-19H2,1-3H3. The van der Waals surface area contributed by atoms with Crippen LogP contribution in [-0.4, -0.2) is 68.7 Å². The summed E-state index contributed by atoms with van der Waals surface area (Å²) in [5.74, 6) is 2.77. The average Bonchev–Trinajstić information content (AvgIpc) is 3.32. The van der Waals surface area contributed by atoms with E-state index in [-0.39, 0.29) is 18.6 Å². The van der Waals surface area contributed by atoms with E-state index in [1.807, 2.05) is 0 Å². The molecule has 1 heterocycles. The molecule has 1 aliphatic heterocycles. The third kappa shape index (κ3) is 7.69. The van der Waals surface area contributed by atoms with Crippen molar-refractivity contribution in [3.05, 3.63) is 0 Å². The van der Waals surface area contributed by atoms with E-state index in [0.29, 0.717) is 25.5 Å². The maximum Gasteiger partial charge on any atom is 0.328 e. The molecule has 3 rings (SSSR count). The van der Waals surface area contributed by atoms with E-state index >= 15 is 0 Å². The number of esters is 1. The van der Waals surface area contributed by atoms with E-state index in [9.17, 15) is 9.59 Å². The predicted molar refractivity (Wildman–Crippen MR) is 133 cm³/mol. The zero-order valence-electron chi connectivity index (χ0n) is 21.6. The lowest BCUT2D eigenvalue weighted by atomic mass is 9.67. The maximum absolute atomic E-state index is 12.7. The minimum atomic E-state index is -0.601. The van der Waals surface area contributed by atoms with Gasteiger partial charge in [-0.05, 0) is 37.0 Å². The number of aliphatic imine (C=N–C) groups is 1. The Morgan fingerprint density at radius 1 is 0.971 bits per heavy atom. The van der Waals surface area contributed by atoms with Crippen molar-refractivity contribution in [2.24, 2.45) is 22.7 Å². The number of nitrogens with zero attached hydrogens (tertiary/aromatic N) is 2. The van der Waals surface area contributed by atoms with Crippen molar-refractivity contribution in [3.8, 4) is 0 Å². The van der Waals surface area contributed by atoms with Crippen LogP contribution < -0.4 is 0 Å². The summed E-state index contributed by atoms with van der Waals surface area (Å²) in [6.45, 7) is 2.80. The molecule has 7 nitrogen and oxygen atoms in total. The lowest BCUT2D eigenvalue weighted by Gasteiger charge is -2.39. The topological polar surface area (TPSA) is 77.4 Å². The molecule has 3 fully saturated rings. The van der Waals surface area contributed by atoms with Gasteiger partial charge in [0.25, 0.3) is 0 Å². The van der Waals surface area contributed by atoms with Crippen molar-refractivity contribution in [1.29, 1.82) is 0 Å². The molecule has 0 radical (unpaired) electrons. The third-order valence-corrected chi connectivity index (χ3v) is 8.33. The molecule has 0 aromatic carbocycles. The summed E-state index contributed by atoms with van der Waals surface area (Å²) in [6, 6.07) is -0.601. The molecular weight excluding hydrogens is 432 g/mol. The molecule has 1 amide bonds. The summed E-state index contributed by atoms with van der Waals surface area (Å²) >= 11 is 0. The molecule has 2 aliphatic carbocycles. The Morgan fingerprint density at radius 3 is 2.44 bits per heavy atom. The highest BCUT2D eigenvalue weighted by molar-refractivity contribution is 5.87. The number of unbranched alkanes of at least 4 members (excludes halogenated alkanes) is 1. The van der Waals surface area contributed by atoms with Crippen LogP contribution in [0.4, 0.5) is 0 Å². The van der Waals surface area contributed by atoms with Gasteiger partial charge in [-0.2, -0.15) is 0 Å². The molecule has 0 aromatic rings. The van der Waals surface area contributed by atoms with Crippen LogP contribution in [0.3, 0.4) is 0 Å². The first-order chi connectivity index (χ1) is 16.5. The van der Waals surface area contributed by atoms with Crippen LogP contribution in [0.2, 0.25) is 0 Å². The Kier molecular flexibility index (Phi) is 11.1. The number of methoxy groups -OCH3 is 2. The van der Waals surface area contributed by atoms with E-state index in [1.54, 1.807) is 14.0 Å². The smallest absolute Gasteiger partial charge is 0.328 e. The number of hydrogen-bond donors (Lipinski definition) is 0. The minimum Gasteiger partial charge on any atom is -0.481 e. The molecule has 3 aliphatic rings. The number of carbonyl (C=O) groups is 2. The Labute approximate surface area is 206 Å². The normalized spacial score (nSPS) is 28.7. The fourth-order valence-electron chi connectivity index (χ4n) is 6.42. The molecule has 34 heavy (non-hydrogen) atoms. The van der Waals surface area contributed by atoms with Gasteiger partial charge in [0, 0.05) is 27.0 Å². The van der Waals surface area contributed by atoms with E-state index in [4.69, 9.17) is 14.2 Å². The molecular formula is C27H46N2O5. The Hall–Kier alpha value is -1.63. The van der Waals surface area contributed by atoms with Crippen LogP contribution in [0.5, 0.6) is 0 Å². The van der Waals surface area contributed by atoms with Crippen LogP contribution in [0.15, 0.2) is 4.99 Å². The van der Waals surface area contributed by atoms with Gasteiger partial charge in [-0.1, -0.05) is 57.8 Å². The molecule has 0 N–H and O–H groups in total. The highest BCUT2D eigenvalue weighted by Gasteiger charge is 2.40. The Bertz CT molecular complexity index is 676. The summed E-state index contributed by atoms with van der Waals surface area (Å²) in [7, 11) is 2.93. The molecule has 0 bridgehead atoms. The second-order valence-electron chi connectivity index (χ2n) is 10.5. The summed E-state index contributed by atoms with van der Waals surface area (Å²) in [4.78, 5) is 30.5. The van der Waals surface area contributed by atoms with E-state index in [1.165, 1.54) is 82.6 Å². The van der Waals surface area contributed by atoms with Gasteiger partial charge in [-0.3, -0.25) is 4.79 Å². The zero-order chi connectivity index (χ0) is 24.3. The van der Waals surface area contributed by atoms with Gasteiger partial charge in [-0.25, -0.2) is 9.79 Å². The van der Waals surface area contributed by atoms with Crippen LogP contribution in [0.1, 0.15) is 90.4 Å². The second-order valence-corrected chi connectivity index (χ2v) is 10.5. The molecule has 0 spiro atoms. The minimum absolute atomic E-state index is 0.0269.